The number of hydrogen-bond acceptors (Lipinski definition) is 4. The summed E-state index contributed by atoms with van der Waals surface area (Å²) in [6.07, 6.45) is 1.05. The molecule has 0 aliphatic heterocycles. The summed E-state index contributed by atoms with van der Waals surface area (Å²) in [5.74, 6) is 0.00694. The fourth-order valence-corrected chi connectivity index (χ4v) is 3.56. The Bertz CT molecular complexity index is 929. The lowest BCUT2D eigenvalue weighted by Gasteiger charge is -2.24. The Balaban J connectivity index is 2.31. The minimum absolute atomic E-state index is 0.367. The number of benzene rings is 2. The van der Waals surface area contributed by atoms with Crippen LogP contribution >= 0.6 is 11.6 Å². The highest BCUT2D eigenvalue weighted by Crippen LogP contribution is 2.29. The smallest absolute Gasteiger partial charge is 0.245 e. The molecule has 0 spiro atoms. The summed E-state index contributed by atoms with van der Waals surface area (Å²) in [6.45, 7) is 3.21. The molecule has 0 saturated carbocycles. The zero-order valence-corrected chi connectivity index (χ0v) is 16.6. The van der Waals surface area contributed by atoms with Gasteiger partial charge in [0.15, 0.2) is 0 Å². The minimum atomic E-state index is -3.69. The molecule has 0 fully saturated rings. The largest absolute Gasteiger partial charge is 0.495 e. The van der Waals surface area contributed by atoms with Crippen molar-refractivity contribution in [3.63, 3.8) is 0 Å². The van der Waals surface area contributed by atoms with Gasteiger partial charge in [-0.05, 0) is 49.2 Å². The van der Waals surface area contributed by atoms with E-state index < -0.39 is 15.9 Å². The van der Waals surface area contributed by atoms with Gasteiger partial charge in [0.05, 0.1) is 24.7 Å². The summed E-state index contributed by atoms with van der Waals surface area (Å²) in [6, 6.07) is 10.3. The number of sulfonamides is 1. The monoisotopic (exact) mass is 396 g/mol. The number of ether oxygens (including phenoxy) is 1. The van der Waals surface area contributed by atoms with Crippen LogP contribution in [0.5, 0.6) is 5.75 Å². The van der Waals surface area contributed by atoms with Crippen LogP contribution < -0.4 is 14.4 Å². The Kier molecular flexibility index (Phi) is 6.15. The molecular weight excluding hydrogens is 376 g/mol. The average molecular weight is 397 g/mol. The molecule has 1 amide bonds. The van der Waals surface area contributed by atoms with Crippen molar-refractivity contribution in [2.45, 2.75) is 13.8 Å². The lowest BCUT2D eigenvalue weighted by atomic mass is 10.2. The number of nitrogens with one attached hydrogen (secondary N) is 1. The van der Waals surface area contributed by atoms with E-state index in [-0.39, 0.29) is 6.54 Å². The lowest BCUT2D eigenvalue weighted by molar-refractivity contribution is -0.114. The fourth-order valence-electron chi connectivity index (χ4n) is 2.49. The summed E-state index contributed by atoms with van der Waals surface area (Å²) < 4.78 is 30.7. The van der Waals surface area contributed by atoms with E-state index in [1.807, 2.05) is 13.0 Å². The van der Waals surface area contributed by atoms with E-state index in [0.717, 1.165) is 16.1 Å². The summed E-state index contributed by atoms with van der Waals surface area (Å²) in [7, 11) is -2.19. The number of aryl methyl sites for hydroxylation is 1. The van der Waals surface area contributed by atoms with E-state index in [1.165, 1.54) is 7.11 Å². The SMILES string of the molecule is COc1ccc(C)cc1NC(=O)CN(c1cccc(Cl)c1C)S(C)(=O)=O. The summed E-state index contributed by atoms with van der Waals surface area (Å²) in [4.78, 5) is 12.5. The van der Waals surface area contributed by atoms with Gasteiger partial charge in [-0.25, -0.2) is 8.42 Å². The Labute approximate surface area is 158 Å². The molecule has 0 heterocycles. The van der Waals surface area contributed by atoms with Crippen molar-refractivity contribution in [1.29, 1.82) is 0 Å². The molecule has 0 aliphatic carbocycles. The molecule has 0 bridgehead atoms. The van der Waals surface area contributed by atoms with Gasteiger partial charge >= 0.3 is 0 Å². The highest BCUT2D eigenvalue weighted by atomic mass is 35.5. The predicted octanol–water partition coefficient (Wildman–Crippen LogP) is 3.37. The van der Waals surface area contributed by atoms with Gasteiger partial charge in [0.1, 0.15) is 12.3 Å². The van der Waals surface area contributed by atoms with Gasteiger partial charge in [0.2, 0.25) is 15.9 Å². The van der Waals surface area contributed by atoms with Gasteiger partial charge in [0.25, 0.3) is 0 Å². The van der Waals surface area contributed by atoms with Crippen molar-refractivity contribution >= 4 is 38.9 Å². The van der Waals surface area contributed by atoms with E-state index in [2.05, 4.69) is 5.32 Å². The van der Waals surface area contributed by atoms with Crippen LogP contribution in [-0.4, -0.2) is 34.2 Å². The molecule has 2 aromatic carbocycles. The van der Waals surface area contributed by atoms with Crippen LogP contribution in [0.1, 0.15) is 11.1 Å². The first-order valence-corrected chi connectivity index (χ1v) is 10.0. The van der Waals surface area contributed by atoms with Crippen molar-refractivity contribution in [3.8, 4) is 5.75 Å². The Morgan fingerprint density at radius 1 is 1.23 bits per heavy atom. The number of halogens is 1. The molecule has 0 unspecified atom stereocenters. The summed E-state index contributed by atoms with van der Waals surface area (Å²) in [5.41, 5.74) is 2.37. The molecule has 140 valence electrons. The highest BCUT2D eigenvalue weighted by Gasteiger charge is 2.23. The van der Waals surface area contributed by atoms with Gasteiger partial charge in [-0.2, -0.15) is 0 Å². The predicted molar refractivity (Wildman–Crippen MR) is 105 cm³/mol. The van der Waals surface area contributed by atoms with Gasteiger partial charge in [-0.1, -0.05) is 23.7 Å². The molecule has 2 aromatic rings. The fraction of sp³-hybridized carbons (Fsp3) is 0.278. The van der Waals surface area contributed by atoms with Crippen LogP contribution in [0.3, 0.4) is 0 Å². The normalized spacial score (nSPS) is 11.1. The van der Waals surface area contributed by atoms with Crippen LogP contribution in [0, 0.1) is 13.8 Å². The zero-order chi connectivity index (χ0) is 19.5. The molecule has 26 heavy (non-hydrogen) atoms. The molecule has 0 aliphatic rings. The third-order valence-electron chi connectivity index (χ3n) is 3.82. The third kappa shape index (κ3) is 4.68. The molecule has 6 nitrogen and oxygen atoms in total. The Morgan fingerprint density at radius 2 is 1.92 bits per heavy atom. The van der Waals surface area contributed by atoms with E-state index in [4.69, 9.17) is 16.3 Å². The van der Waals surface area contributed by atoms with Crippen molar-refractivity contribution < 1.29 is 17.9 Å². The third-order valence-corrected chi connectivity index (χ3v) is 5.36. The second kappa shape index (κ2) is 7.97. The zero-order valence-electron chi connectivity index (χ0n) is 15.0. The maximum absolute atomic E-state index is 12.5. The Morgan fingerprint density at radius 3 is 2.54 bits per heavy atom. The standard InChI is InChI=1S/C18H21ClN2O4S/c1-12-8-9-17(25-3)15(10-12)20-18(22)11-21(26(4,23)24)16-7-5-6-14(19)13(16)2/h5-10H,11H2,1-4H3,(H,20,22). The van der Waals surface area contributed by atoms with E-state index in [0.29, 0.717) is 27.7 Å². The quantitative estimate of drug-likeness (QED) is 0.812. The molecule has 2 rings (SSSR count). The maximum Gasteiger partial charge on any atom is 0.245 e. The van der Waals surface area contributed by atoms with Crippen molar-refractivity contribution in [1.82, 2.24) is 0 Å². The Hall–Kier alpha value is -2.25. The molecule has 1 N–H and O–H groups in total. The van der Waals surface area contributed by atoms with Crippen LogP contribution in [0.2, 0.25) is 5.02 Å². The number of anilines is 2. The van der Waals surface area contributed by atoms with Gasteiger partial charge < -0.3 is 10.1 Å². The number of carbonyl (C=O) groups excluding carboxylic acids is 1. The summed E-state index contributed by atoms with van der Waals surface area (Å²) in [5, 5.41) is 3.13. The molecule has 0 radical (unpaired) electrons. The molecule has 8 heteroatoms. The molecule has 0 atom stereocenters. The number of methoxy groups -OCH3 is 1. The topological polar surface area (TPSA) is 75.7 Å². The number of amides is 1. The van der Waals surface area contributed by atoms with Crippen molar-refractivity contribution in [2.24, 2.45) is 0 Å². The molecular formula is C18H21ClN2O4S. The number of rotatable bonds is 6. The van der Waals surface area contributed by atoms with Gasteiger partial charge in [-0.15, -0.1) is 0 Å². The highest BCUT2D eigenvalue weighted by molar-refractivity contribution is 7.92. The number of nitrogens with zero attached hydrogens (tertiary/aromatic N) is 1. The minimum Gasteiger partial charge on any atom is -0.495 e. The van der Waals surface area contributed by atoms with Gasteiger partial charge in [-0.3, -0.25) is 9.10 Å². The molecule has 0 aromatic heterocycles. The van der Waals surface area contributed by atoms with E-state index in [1.54, 1.807) is 37.3 Å². The van der Waals surface area contributed by atoms with Crippen LogP contribution in [-0.2, 0) is 14.8 Å². The average Bonchev–Trinajstić information content (AvgIpc) is 2.55. The van der Waals surface area contributed by atoms with Gasteiger partial charge in [0, 0.05) is 5.02 Å². The molecule has 0 saturated heterocycles. The summed E-state index contributed by atoms with van der Waals surface area (Å²) >= 11 is 6.09. The number of carbonyl (C=O) groups is 1. The number of hydrogen-bond donors (Lipinski definition) is 1. The first kappa shape index (κ1) is 20.1. The lowest BCUT2D eigenvalue weighted by Crippen LogP contribution is -2.38. The maximum atomic E-state index is 12.5. The first-order valence-electron chi connectivity index (χ1n) is 7.81. The first-order chi connectivity index (χ1) is 12.1. The van der Waals surface area contributed by atoms with Crippen LogP contribution in [0.15, 0.2) is 36.4 Å². The van der Waals surface area contributed by atoms with Crippen LogP contribution in [0.25, 0.3) is 0 Å². The second-order valence-corrected chi connectivity index (χ2v) is 8.22. The van der Waals surface area contributed by atoms with E-state index >= 15 is 0 Å². The van der Waals surface area contributed by atoms with Crippen LogP contribution in [0.4, 0.5) is 11.4 Å². The van der Waals surface area contributed by atoms with Crippen molar-refractivity contribution in [3.05, 3.63) is 52.5 Å². The second-order valence-electron chi connectivity index (χ2n) is 5.91. The van der Waals surface area contributed by atoms with E-state index in [9.17, 15) is 13.2 Å². The van der Waals surface area contributed by atoms with Crippen molar-refractivity contribution in [2.75, 3.05) is 29.5 Å².